The summed E-state index contributed by atoms with van der Waals surface area (Å²) in [5, 5.41) is 19.2. The number of alkyl halides is 3. The molecule has 1 aromatic rings. The first-order chi connectivity index (χ1) is 8.73. The van der Waals surface area contributed by atoms with Crippen LogP contribution in [0.5, 0.6) is 0 Å². The predicted octanol–water partition coefficient (Wildman–Crippen LogP) is 0.881. The van der Waals surface area contributed by atoms with Crippen LogP contribution in [0.25, 0.3) is 0 Å². The van der Waals surface area contributed by atoms with Crippen molar-refractivity contribution in [2.75, 3.05) is 6.54 Å². The van der Waals surface area contributed by atoms with E-state index in [4.69, 9.17) is 10.2 Å². The molecule has 0 radical (unpaired) electrons. The summed E-state index contributed by atoms with van der Waals surface area (Å²) in [7, 11) is 0. The van der Waals surface area contributed by atoms with Gasteiger partial charge < -0.3 is 15.5 Å². The van der Waals surface area contributed by atoms with Gasteiger partial charge in [-0.2, -0.15) is 13.2 Å². The SMILES string of the molecule is O=C(NCC(O)C(=O)O)c1ccccc1C(F)(F)F. The first-order valence-electron chi connectivity index (χ1n) is 5.08. The van der Waals surface area contributed by atoms with Crippen LogP contribution >= 0.6 is 0 Å². The minimum absolute atomic E-state index is 0.632. The van der Waals surface area contributed by atoms with Crippen molar-refractivity contribution in [2.24, 2.45) is 0 Å². The summed E-state index contributed by atoms with van der Waals surface area (Å²) < 4.78 is 37.8. The molecule has 0 saturated carbocycles. The average molecular weight is 277 g/mol. The van der Waals surface area contributed by atoms with Gasteiger partial charge in [-0.25, -0.2) is 4.79 Å². The molecule has 0 bridgehead atoms. The van der Waals surface area contributed by atoms with Gasteiger partial charge in [-0.15, -0.1) is 0 Å². The van der Waals surface area contributed by atoms with E-state index in [1.807, 2.05) is 5.32 Å². The summed E-state index contributed by atoms with van der Waals surface area (Å²) in [6.45, 7) is -0.680. The number of carboxylic acids is 1. The van der Waals surface area contributed by atoms with E-state index in [0.29, 0.717) is 0 Å². The van der Waals surface area contributed by atoms with Crippen LogP contribution in [0.3, 0.4) is 0 Å². The number of hydrogen-bond donors (Lipinski definition) is 3. The number of nitrogens with one attached hydrogen (secondary N) is 1. The molecule has 19 heavy (non-hydrogen) atoms. The van der Waals surface area contributed by atoms with E-state index < -0.39 is 41.8 Å². The first-order valence-corrected chi connectivity index (χ1v) is 5.08. The van der Waals surface area contributed by atoms with Crippen LogP contribution in [0, 0.1) is 0 Å². The Labute approximate surface area is 105 Å². The standard InChI is InChI=1S/C11H10F3NO4/c12-11(13,14)7-4-2-1-3-6(7)9(17)15-5-8(16)10(18)19/h1-4,8,16H,5H2,(H,15,17)(H,18,19). The topological polar surface area (TPSA) is 86.6 Å². The highest BCUT2D eigenvalue weighted by Gasteiger charge is 2.34. The molecule has 5 nitrogen and oxygen atoms in total. The van der Waals surface area contributed by atoms with Gasteiger partial charge in [0, 0.05) is 0 Å². The minimum Gasteiger partial charge on any atom is -0.479 e. The van der Waals surface area contributed by atoms with Crippen LogP contribution in [0.4, 0.5) is 13.2 Å². The zero-order valence-electron chi connectivity index (χ0n) is 9.44. The van der Waals surface area contributed by atoms with Gasteiger partial charge in [-0.1, -0.05) is 12.1 Å². The number of aliphatic hydroxyl groups is 1. The van der Waals surface area contributed by atoms with Crippen LogP contribution in [0.2, 0.25) is 0 Å². The smallest absolute Gasteiger partial charge is 0.417 e. The van der Waals surface area contributed by atoms with E-state index in [2.05, 4.69) is 0 Å². The molecule has 1 amide bonds. The number of hydrogen-bond acceptors (Lipinski definition) is 3. The monoisotopic (exact) mass is 277 g/mol. The molecule has 104 valence electrons. The highest BCUT2D eigenvalue weighted by molar-refractivity contribution is 5.96. The van der Waals surface area contributed by atoms with Gasteiger partial charge in [0.05, 0.1) is 17.7 Å². The van der Waals surface area contributed by atoms with Crippen LogP contribution in [-0.2, 0) is 11.0 Å². The van der Waals surface area contributed by atoms with Crippen LogP contribution in [0.15, 0.2) is 24.3 Å². The molecule has 0 heterocycles. The zero-order chi connectivity index (χ0) is 14.6. The normalized spacial score (nSPS) is 12.8. The molecule has 1 rings (SSSR count). The van der Waals surface area contributed by atoms with Crippen molar-refractivity contribution < 1.29 is 33.0 Å². The van der Waals surface area contributed by atoms with E-state index in [-0.39, 0.29) is 0 Å². The Morgan fingerprint density at radius 1 is 1.26 bits per heavy atom. The molecular formula is C11H10F3NO4. The maximum Gasteiger partial charge on any atom is 0.417 e. The van der Waals surface area contributed by atoms with E-state index >= 15 is 0 Å². The number of rotatable bonds is 4. The van der Waals surface area contributed by atoms with Crippen molar-refractivity contribution in [1.29, 1.82) is 0 Å². The summed E-state index contributed by atoms with van der Waals surface area (Å²) in [5.74, 6) is -2.68. The van der Waals surface area contributed by atoms with Crippen LogP contribution in [-0.4, -0.2) is 34.7 Å². The van der Waals surface area contributed by atoms with E-state index in [1.165, 1.54) is 6.07 Å². The maximum atomic E-state index is 12.6. The fraction of sp³-hybridized carbons (Fsp3) is 0.273. The minimum atomic E-state index is -4.70. The third-order valence-corrected chi connectivity index (χ3v) is 2.22. The number of carbonyl (C=O) groups is 2. The zero-order valence-corrected chi connectivity index (χ0v) is 9.44. The quantitative estimate of drug-likeness (QED) is 0.762. The Hall–Kier alpha value is -2.09. The van der Waals surface area contributed by atoms with Crippen LogP contribution in [0.1, 0.15) is 15.9 Å². The molecule has 0 saturated heterocycles. The number of aliphatic hydroxyl groups excluding tert-OH is 1. The van der Waals surface area contributed by atoms with E-state index in [9.17, 15) is 22.8 Å². The molecule has 0 fully saturated rings. The van der Waals surface area contributed by atoms with Crippen molar-refractivity contribution in [1.82, 2.24) is 5.32 Å². The number of carboxylic acid groups (broad SMARTS) is 1. The van der Waals surface area contributed by atoms with E-state index in [1.54, 1.807) is 0 Å². The summed E-state index contributed by atoms with van der Waals surface area (Å²) in [6, 6.07) is 4.08. The highest BCUT2D eigenvalue weighted by atomic mass is 19.4. The van der Waals surface area contributed by atoms with Gasteiger partial charge in [0.2, 0.25) is 0 Å². The molecule has 8 heteroatoms. The van der Waals surface area contributed by atoms with Gasteiger partial charge in [0.15, 0.2) is 6.10 Å². The van der Waals surface area contributed by atoms with Crippen molar-refractivity contribution >= 4 is 11.9 Å². The fourth-order valence-corrected chi connectivity index (χ4v) is 1.30. The van der Waals surface area contributed by atoms with E-state index in [0.717, 1.165) is 18.2 Å². The van der Waals surface area contributed by atoms with Gasteiger partial charge in [0.1, 0.15) is 0 Å². The summed E-state index contributed by atoms with van der Waals surface area (Å²) >= 11 is 0. The molecule has 0 aliphatic carbocycles. The Bertz CT molecular complexity index is 487. The second-order valence-electron chi connectivity index (χ2n) is 3.61. The molecule has 0 aliphatic heterocycles. The summed E-state index contributed by atoms with van der Waals surface area (Å²) in [5.41, 5.74) is -1.76. The summed E-state index contributed by atoms with van der Waals surface area (Å²) in [4.78, 5) is 21.8. The Morgan fingerprint density at radius 3 is 2.37 bits per heavy atom. The fourth-order valence-electron chi connectivity index (χ4n) is 1.30. The van der Waals surface area contributed by atoms with Crippen molar-refractivity contribution in [3.63, 3.8) is 0 Å². The third-order valence-electron chi connectivity index (χ3n) is 2.22. The number of amides is 1. The molecule has 0 spiro atoms. The number of halogens is 3. The van der Waals surface area contributed by atoms with Gasteiger partial charge in [-0.3, -0.25) is 4.79 Å². The molecule has 1 atom stereocenters. The lowest BCUT2D eigenvalue weighted by atomic mass is 10.1. The average Bonchev–Trinajstić information content (AvgIpc) is 2.34. The van der Waals surface area contributed by atoms with Crippen molar-refractivity contribution in [2.45, 2.75) is 12.3 Å². The largest absolute Gasteiger partial charge is 0.479 e. The van der Waals surface area contributed by atoms with Crippen molar-refractivity contribution in [3.8, 4) is 0 Å². The molecule has 1 aromatic carbocycles. The van der Waals surface area contributed by atoms with Crippen molar-refractivity contribution in [3.05, 3.63) is 35.4 Å². The van der Waals surface area contributed by atoms with Gasteiger partial charge in [-0.05, 0) is 12.1 Å². The van der Waals surface area contributed by atoms with Gasteiger partial charge >= 0.3 is 12.1 Å². The molecule has 0 aliphatic rings. The maximum absolute atomic E-state index is 12.6. The van der Waals surface area contributed by atoms with Gasteiger partial charge in [0.25, 0.3) is 5.91 Å². The second kappa shape index (κ2) is 5.70. The Morgan fingerprint density at radius 2 is 1.84 bits per heavy atom. The number of benzene rings is 1. The molecule has 3 N–H and O–H groups in total. The Balaban J connectivity index is 2.86. The molecular weight excluding hydrogens is 267 g/mol. The molecule has 0 aromatic heterocycles. The Kier molecular flexibility index (Phi) is 4.49. The van der Waals surface area contributed by atoms with Crippen LogP contribution < -0.4 is 5.32 Å². The number of carbonyl (C=O) groups excluding carboxylic acids is 1. The lowest BCUT2D eigenvalue weighted by Crippen LogP contribution is -2.37. The molecule has 1 unspecified atom stereocenters. The lowest BCUT2D eigenvalue weighted by Gasteiger charge is -2.13. The summed E-state index contributed by atoms with van der Waals surface area (Å²) in [6.07, 6.45) is -6.57. The second-order valence-corrected chi connectivity index (χ2v) is 3.61. The third kappa shape index (κ3) is 3.95. The predicted molar refractivity (Wildman–Crippen MR) is 57.4 cm³/mol. The highest BCUT2D eigenvalue weighted by Crippen LogP contribution is 2.31. The lowest BCUT2D eigenvalue weighted by molar-refractivity contribution is -0.146. The number of aliphatic carboxylic acids is 1. The first kappa shape index (κ1) is 15.0.